The fourth-order valence-electron chi connectivity index (χ4n) is 10.5. The van der Waals surface area contributed by atoms with Gasteiger partial charge < -0.3 is 0 Å². The van der Waals surface area contributed by atoms with Crippen LogP contribution >= 0.6 is 0 Å². The van der Waals surface area contributed by atoms with E-state index in [2.05, 4.69) is 99.4 Å². The first-order chi connectivity index (χ1) is 24.2. The van der Waals surface area contributed by atoms with Crippen LogP contribution in [0.3, 0.4) is 0 Å². The number of benzene rings is 2. The molecule has 0 aromatic heterocycles. The summed E-state index contributed by atoms with van der Waals surface area (Å²) in [5.41, 5.74) is 8.74. The van der Waals surface area contributed by atoms with Crippen LogP contribution in [0.1, 0.15) is 176 Å². The number of hydrogen-bond acceptors (Lipinski definition) is 0. The Morgan fingerprint density at radius 2 is 0.840 bits per heavy atom. The maximum Gasteiger partial charge on any atom is 0.129 e. The number of terminal acetylenes is 1. The zero-order chi connectivity index (χ0) is 35.3. The highest BCUT2D eigenvalue weighted by Crippen LogP contribution is 2.46. The highest BCUT2D eigenvalue weighted by atomic mass is 28.3. The first kappa shape index (κ1) is 39.0. The third kappa shape index (κ3) is 11.9. The van der Waals surface area contributed by atoms with Gasteiger partial charge in [0.05, 0.1) is 0 Å². The molecule has 0 nitrogen and oxygen atoms in total. The van der Waals surface area contributed by atoms with Crippen molar-refractivity contribution in [3.8, 4) is 23.8 Å². The highest BCUT2D eigenvalue weighted by molar-refractivity contribution is 6.83. The zero-order valence-corrected chi connectivity index (χ0v) is 34.0. The molecule has 2 aromatic rings. The molecule has 0 aliphatic heterocycles. The van der Waals surface area contributed by atoms with Gasteiger partial charge in [0.25, 0.3) is 0 Å². The quantitative estimate of drug-likeness (QED) is 0.191. The van der Waals surface area contributed by atoms with Crippen LogP contribution in [0.5, 0.6) is 0 Å². The standard InChI is InChI=1S/C26H40Si.C23H32/c1-5-6-21-7-11-23(12-8-21)25-15-17-26(18-16-25)24-13-9-22(10-14-24)19-20-27(2,3)4;1-3-5-19-8-12-21(13-9-19)23-16-14-22(15-17-23)20-10-6-18(4-2)7-11-20/h9-10,13-14,21,23,25-26H,5-8,11-12,15-18H2,1-4H3;2,6-7,10-11,19,21-23H,3,5,8-9,12-17H2,1H3. The molecule has 4 aliphatic rings. The molecule has 0 atom stereocenters. The Kier molecular flexibility index (Phi) is 15.3. The first-order valence-electron chi connectivity index (χ1n) is 21.4. The Labute approximate surface area is 310 Å². The van der Waals surface area contributed by atoms with Crippen molar-refractivity contribution in [2.24, 2.45) is 35.5 Å². The fraction of sp³-hybridized carbons (Fsp3) is 0.673. The van der Waals surface area contributed by atoms with Crippen LogP contribution < -0.4 is 0 Å². The van der Waals surface area contributed by atoms with Crippen LogP contribution in [0.2, 0.25) is 19.6 Å². The van der Waals surface area contributed by atoms with Crippen molar-refractivity contribution < 1.29 is 0 Å². The van der Waals surface area contributed by atoms with E-state index in [0.717, 1.165) is 52.9 Å². The van der Waals surface area contributed by atoms with E-state index in [-0.39, 0.29) is 0 Å². The van der Waals surface area contributed by atoms with E-state index in [1.54, 1.807) is 5.56 Å². The van der Waals surface area contributed by atoms with Gasteiger partial charge in [-0.1, -0.05) is 121 Å². The molecule has 0 saturated heterocycles. The fourth-order valence-corrected chi connectivity index (χ4v) is 11.0. The Balaban J connectivity index is 0.000000197. The lowest BCUT2D eigenvalue weighted by Crippen LogP contribution is -2.25. The molecule has 0 radical (unpaired) electrons. The zero-order valence-electron chi connectivity index (χ0n) is 33.0. The minimum atomic E-state index is -1.28. The highest BCUT2D eigenvalue weighted by Gasteiger charge is 2.32. The van der Waals surface area contributed by atoms with Crippen LogP contribution in [0.15, 0.2) is 48.5 Å². The number of hydrogen-bond donors (Lipinski definition) is 0. The summed E-state index contributed by atoms with van der Waals surface area (Å²) in [6.07, 6.45) is 34.6. The second-order valence-electron chi connectivity index (χ2n) is 18.3. The molecular formula is C49H72Si. The van der Waals surface area contributed by atoms with Gasteiger partial charge in [0.1, 0.15) is 8.07 Å². The van der Waals surface area contributed by atoms with Gasteiger partial charge in [0.2, 0.25) is 0 Å². The summed E-state index contributed by atoms with van der Waals surface area (Å²) in [7, 11) is -1.28. The van der Waals surface area contributed by atoms with E-state index in [9.17, 15) is 0 Å². The van der Waals surface area contributed by atoms with Crippen molar-refractivity contribution >= 4 is 8.07 Å². The average Bonchev–Trinajstić information content (AvgIpc) is 3.15. The predicted molar refractivity (Wildman–Crippen MR) is 221 cm³/mol. The lowest BCUT2D eigenvalue weighted by atomic mass is 9.68. The van der Waals surface area contributed by atoms with Crippen molar-refractivity contribution in [3.63, 3.8) is 0 Å². The number of rotatable bonds is 8. The summed E-state index contributed by atoms with van der Waals surface area (Å²) < 4.78 is 0. The van der Waals surface area contributed by atoms with Gasteiger partial charge >= 0.3 is 0 Å². The van der Waals surface area contributed by atoms with E-state index in [4.69, 9.17) is 6.42 Å². The van der Waals surface area contributed by atoms with Gasteiger partial charge in [-0.3, -0.25) is 0 Å². The smallest absolute Gasteiger partial charge is 0.127 e. The Bertz CT molecular complexity index is 1340. The minimum Gasteiger partial charge on any atom is -0.127 e. The SMILES string of the molecule is C#Cc1ccc(C2CCC(C3CCC(CCC)CC3)CC2)cc1.CCCC1CCC(C2CCC(c3ccc(C#C[Si](C)(C)C)cc3)CC2)CC1. The molecule has 2 aromatic carbocycles. The Morgan fingerprint density at radius 3 is 1.16 bits per heavy atom. The molecule has 0 heterocycles. The predicted octanol–water partition coefficient (Wildman–Crippen LogP) is 14.3. The minimum absolute atomic E-state index is 0.773. The van der Waals surface area contributed by atoms with E-state index >= 15 is 0 Å². The summed E-state index contributed by atoms with van der Waals surface area (Å²) in [4.78, 5) is 0. The van der Waals surface area contributed by atoms with E-state index in [1.165, 1.54) is 140 Å². The van der Waals surface area contributed by atoms with Crippen molar-refractivity contribution in [3.05, 3.63) is 70.8 Å². The van der Waals surface area contributed by atoms with Gasteiger partial charge in [-0.2, -0.15) is 0 Å². The summed E-state index contributed by atoms with van der Waals surface area (Å²) in [6.45, 7) is 11.6. The molecule has 6 rings (SSSR count). The second-order valence-corrected chi connectivity index (χ2v) is 23.0. The third-order valence-electron chi connectivity index (χ3n) is 13.6. The van der Waals surface area contributed by atoms with Gasteiger partial charge in [-0.05, 0) is 160 Å². The van der Waals surface area contributed by atoms with Gasteiger partial charge in [0.15, 0.2) is 0 Å². The maximum atomic E-state index is 5.46. The summed E-state index contributed by atoms with van der Waals surface area (Å²) in [6, 6.07) is 18.0. The van der Waals surface area contributed by atoms with Crippen LogP contribution in [0.4, 0.5) is 0 Å². The van der Waals surface area contributed by atoms with Crippen LogP contribution in [0, 0.1) is 59.3 Å². The molecule has 0 spiro atoms. The van der Waals surface area contributed by atoms with Gasteiger partial charge in [-0.25, -0.2) is 0 Å². The van der Waals surface area contributed by atoms with Crippen LogP contribution in [0.25, 0.3) is 0 Å². The van der Waals surface area contributed by atoms with Crippen LogP contribution in [-0.2, 0) is 0 Å². The maximum absolute atomic E-state index is 5.46. The molecule has 0 amide bonds. The Hall–Kier alpha value is -2.22. The van der Waals surface area contributed by atoms with Crippen LogP contribution in [-0.4, -0.2) is 8.07 Å². The van der Waals surface area contributed by atoms with E-state index in [0.29, 0.717) is 0 Å². The lowest BCUT2D eigenvalue weighted by Gasteiger charge is -2.38. The lowest BCUT2D eigenvalue weighted by molar-refractivity contribution is 0.156. The molecule has 0 N–H and O–H groups in total. The normalized spacial score (nSPS) is 30.2. The topological polar surface area (TPSA) is 0 Å². The summed E-state index contributed by atoms with van der Waals surface area (Å²) in [5.74, 6) is 13.9. The van der Waals surface area contributed by atoms with Crippen molar-refractivity contribution in [2.75, 3.05) is 0 Å². The molecule has 50 heavy (non-hydrogen) atoms. The van der Waals surface area contributed by atoms with Crippen molar-refractivity contribution in [1.29, 1.82) is 0 Å². The Morgan fingerprint density at radius 1 is 0.500 bits per heavy atom. The first-order valence-corrected chi connectivity index (χ1v) is 24.9. The molecule has 1 heteroatoms. The monoisotopic (exact) mass is 689 g/mol. The van der Waals surface area contributed by atoms with Crippen molar-refractivity contribution in [1.82, 2.24) is 0 Å². The summed E-state index contributed by atoms with van der Waals surface area (Å²) in [5, 5.41) is 0. The second kappa shape index (κ2) is 19.6. The molecule has 0 bridgehead atoms. The molecule has 4 saturated carbocycles. The molecule has 4 fully saturated rings. The van der Waals surface area contributed by atoms with Gasteiger partial charge in [0, 0.05) is 11.1 Å². The van der Waals surface area contributed by atoms with E-state index < -0.39 is 8.07 Å². The molecular weight excluding hydrogens is 617 g/mol. The van der Waals surface area contributed by atoms with Crippen molar-refractivity contribution in [2.45, 2.75) is 174 Å². The van der Waals surface area contributed by atoms with Gasteiger partial charge in [-0.15, -0.1) is 12.0 Å². The van der Waals surface area contributed by atoms with E-state index in [1.807, 2.05) is 0 Å². The molecule has 272 valence electrons. The average molecular weight is 689 g/mol. The third-order valence-corrected chi connectivity index (χ3v) is 14.4. The molecule has 4 aliphatic carbocycles. The largest absolute Gasteiger partial charge is 0.129 e. The molecule has 0 unspecified atom stereocenters. The summed E-state index contributed by atoms with van der Waals surface area (Å²) >= 11 is 0.